The Morgan fingerprint density at radius 1 is 1.00 bits per heavy atom. The smallest absolute Gasteiger partial charge is 0.271 e. The molecule has 2 atom stereocenters. The van der Waals surface area contributed by atoms with Crippen LogP contribution in [0.15, 0.2) is 45.5 Å². The molecule has 1 saturated heterocycles. The van der Waals surface area contributed by atoms with Crippen LogP contribution in [-0.4, -0.2) is 34.2 Å². The maximum Gasteiger partial charge on any atom is 0.271 e. The summed E-state index contributed by atoms with van der Waals surface area (Å²) in [5.41, 5.74) is 0.291. The van der Waals surface area contributed by atoms with Gasteiger partial charge in [-0.3, -0.25) is 4.72 Å². The number of nitrogens with zero attached hydrogens (tertiary/aromatic N) is 1. The number of hydrogen-bond acceptors (Lipinski definition) is 5. The lowest BCUT2D eigenvalue weighted by Crippen LogP contribution is -2.42. The normalized spacial score (nSPS) is 21.9. The molecule has 0 saturated carbocycles. The van der Waals surface area contributed by atoms with Gasteiger partial charge < -0.3 is 0 Å². The summed E-state index contributed by atoms with van der Waals surface area (Å²) in [5.74, 6) is 0.624. The van der Waals surface area contributed by atoms with E-state index in [-0.39, 0.29) is 9.10 Å². The van der Waals surface area contributed by atoms with E-state index in [2.05, 4.69) is 4.72 Å². The van der Waals surface area contributed by atoms with Crippen molar-refractivity contribution in [2.24, 2.45) is 11.8 Å². The van der Waals surface area contributed by atoms with Gasteiger partial charge in [0.1, 0.15) is 4.21 Å². The third-order valence-electron chi connectivity index (χ3n) is 4.39. The Kier molecular flexibility index (Phi) is 5.88. The highest BCUT2D eigenvalue weighted by molar-refractivity contribution is 7.94. The number of piperidine rings is 1. The molecule has 1 aromatic heterocycles. The molecule has 1 aliphatic heterocycles. The van der Waals surface area contributed by atoms with Gasteiger partial charge in [0.15, 0.2) is 0 Å². The van der Waals surface area contributed by atoms with Gasteiger partial charge in [0.25, 0.3) is 10.0 Å². The molecule has 2 aromatic rings. The maximum atomic E-state index is 12.9. The number of sulfonamides is 2. The Balaban J connectivity index is 1.79. The second-order valence-electron chi connectivity index (χ2n) is 6.96. The van der Waals surface area contributed by atoms with E-state index in [1.165, 1.54) is 40.7 Å². The zero-order valence-electron chi connectivity index (χ0n) is 14.9. The standard InChI is InChI=1S/C17H21ClN2O4S3/c1-12-9-13(2)11-20(10-12)27(23,24)15-5-3-14(4-6-15)19-26(21,22)17-8-7-16(18)25-17/h3-8,12-13,19H,9-11H2,1-2H3/t12-,13+. The fourth-order valence-corrected chi connectivity index (χ4v) is 7.51. The minimum Gasteiger partial charge on any atom is -0.279 e. The van der Waals surface area contributed by atoms with Crippen LogP contribution in [-0.2, 0) is 20.0 Å². The predicted octanol–water partition coefficient (Wildman–Crippen LogP) is 3.87. The van der Waals surface area contributed by atoms with Crippen LogP contribution in [0.25, 0.3) is 0 Å². The first-order valence-corrected chi connectivity index (χ1v) is 12.6. The van der Waals surface area contributed by atoms with E-state index >= 15 is 0 Å². The van der Waals surface area contributed by atoms with Gasteiger partial charge in [-0.05, 0) is 54.7 Å². The monoisotopic (exact) mass is 448 g/mol. The molecule has 0 bridgehead atoms. The first-order valence-electron chi connectivity index (χ1n) is 8.46. The van der Waals surface area contributed by atoms with Crippen molar-refractivity contribution in [3.63, 3.8) is 0 Å². The zero-order valence-corrected chi connectivity index (χ0v) is 18.1. The van der Waals surface area contributed by atoms with Crippen molar-refractivity contribution in [3.8, 4) is 0 Å². The molecule has 6 nitrogen and oxygen atoms in total. The molecule has 0 radical (unpaired) electrons. The maximum absolute atomic E-state index is 12.9. The number of thiophene rings is 1. The highest BCUT2D eigenvalue weighted by atomic mass is 35.5. The van der Waals surface area contributed by atoms with Crippen LogP contribution in [0.2, 0.25) is 4.34 Å². The fourth-order valence-electron chi connectivity index (χ4n) is 3.29. The van der Waals surface area contributed by atoms with Crippen molar-refractivity contribution in [3.05, 3.63) is 40.7 Å². The van der Waals surface area contributed by atoms with Crippen molar-refractivity contribution < 1.29 is 16.8 Å². The van der Waals surface area contributed by atoms with Crippen LogP contribution in [0.5, 0.6) is 0 Å². The van der Waals surface area contributed by atoms with Gasteiger partial charge in [-0.25, -0.2) is 16.8 Å². The molecule has 2 heterocycles. The lowest BCUT2D eigenvalue weighted by Gasteiger charge is -2.34. The Morgan fingerprint density at radius 2 is 1.59 bits per heavy atom. The second kappa shape index (κ2) is 7.71. The van der Waals surface area contributed by atoms with E-state index in [1.807, 2.05) is 13.8 Å². The molecule has 1 aromatic carbocycles. The topological polar surface area (TPSA) is 83.6 Å². The molecule has 10 heteroatoms. The van der Waals surface area contributed by atoms with E-state index in [0.29, 0.717) is 34.9 Å². The van der Waals surface area contributed by atoms with Gasteiger partial charge in [-0.2, -0.15) is 4.31 Å². The minimum absolute atomic E-state index is 0.0977. The molecular formula is C17H21ClN2O4S3. The number of anilines is 1. The summed E-state index contributed by atoms with van der Waals surface area (Å²) in [7, 11) is -7.35. The number of halogens is 1. The van der Waals surface area contributed by atoms with E-state index in [1.54, 1.807) is 0 Å². The van der Waals surface area contributed by atoms with Crippen LogP contribution in [0.1, 0.15) is 20.3 Å². The summed E-state index contributed by atoms with van der Waals surface area (Å²) in [4.78, 5) is 0.158. The highest BCUT2D eigenvalue weighted by Crippen LogP contribution is 2.29. The lowest BCUT2D eigenvalue weighted by molar-refractivity contribution is 0.222. The first-order chi connectivity index (χ1) is 12.6. The summed E-state index contributed by atoms with van der Waals surface area (Å²) in [6, 6.07) is 8.70. The van der Waals surface area contributed by atoms with Crippen molar-refractivity contribution in [1.82, 2.24) is 4.31 Å². The highest BCUT2D eigenvalue weighted by Gasteiger charge is 2.31. The SMILES string of the molecule is C[C@@H]1C[C@H](C)CN(S(=O)(=O)c2ccc(NS(=O)(=O)c3ccc(Cl)s3)cc2)C1. The molecule has 1 fully saturated rings. The third kappa shape index (κ3) is 4.65. The molecule has 0 spiro atoms. The van der Waals surface area contributed by atoms with Gasteiger partial charge in [-0.1, -0.05) is 25.4 Å². The van der Waals surface area contributed by atoms with Gasteiger partial charge >= 0.3 is 0 Å². The molecule has 0 amide bonds. The number of hydrogen-bond donors (Lipinski definition) is 1. The number of benzene rings is 1. The average Bonchev–Trinajstić information content (AvgIpc) is 3.01. The van der Waals surface area contributed by atoms with Gasteiger partial charge in [0, 0.05) is 18.8 Å². The molecule has 0 unspecified atom stereocenters. The molecule has 1 aliphatic rings. The van der Waals surface area contributed by atoms with E-state index in [9.17, 15) is 16.8 Å². The van der Waals surface area contributed by atoms with Gasteiger partial charge in [0.05, 0.1) is 9.23 Å². The van der Waals surface area contributed by atoms with Gasteiger partial charge in [0.2, 0.25) is 10.0 Å². The average molecular weight is 449 g/mol. The number of nitrogens with one attached hydrogen (secondary N) is 1. The summed E-state index contributed by atoms with van der Waals surface area (Å²) in [6.07, 6.45) is 1.01. The fraction of sp³-hybridized carbons (Fsp3) is 0.412. The predicted molar refractivity (Wildman–Crippen MR) is 108 cm³/mol. The largest absolute Gasteiger partial charge is 0.279 e. The Labute approximate surface area is 169 Å². The number of rotatable bonds is 5. The van der Waals surface area contributed by atoms with Gasteiger partial charge in [-0.15, -0.1) is 11.3 Å². The summed E-state index contributed by atoms with van der Waals surface area (Å²) in [6.45, 7) is 5.10. The van der Waals surface area contributed by atoms with Crippen LogP contribution in [0, 0.1) is 11.8 Å². The minimum atomic E-state index is -3.75. The van der Waals surface area contributed by atoms with Crippen molar-refractivity contribution in [1.29, 1.82) is 0 Å². The van der Waals surface area contributed by atoms with Crippen molar-refractivity contribution in [2.75, 3.05) is 17.8 Å². The van der Waals surface area contributed by atoms with E-state index in [4.69, 9.17) is 11.6 Å². The Bertz CT molecular complexity index is 1010. The lowest BCUT2D eigenvalue weighted by atomic mass is 9.94. The third-order valence-corrected chi connectivity index (χ3v) is 9.34. The van der Waals surface area contributed by atoms with Crippen molar-refractivity contribution in [2.45, 2.75) is 29.4 Å². The molecule has 0 aliphatic carbocycles. The van der Waals surface area contributed by atoms with Crippen LogP contribution >= 0.6 is 22.9 Å². The van der Waals surface area contributed by atoms with E-state index < -0.39 is 20.0 Å². The molecule has 148 valence electrons. The zero-order chi connectivity index (χ0) is 19.8. The van der Waals surface area contributed by atoms with Crippen LogP contribution < -0.4 is 4.72 Å². The van der Waals surface area contributed by atoms with E-state index in [0.717, 1.165) is 17.8 Å². The van der Waals surface area contributed by atoms with Crippen LogP contribution in [0.4, 0.5) is 5.69 Å². The molecule has 3 rings (SSSR count). The van der Waals surface area contributed by atoms with Crippen molar-refractivity contribution >= 4 is 48.7 Å². The summed E-state index contributed by atoms with van der Waals surface area (Å²) < 4.78 is 54.8. The quantitative estimate of drug-likeness (QED) is 0.752. The second-order valence-corrected chi connectivity index (χ2v) is 12.5. The first kappa shape index (κ1) is 20.6. The molecule has 1 N–H and O–H groups in total. The van der Waals surface area contributed by atoms with Crippen LogP contribution in [0.3, 0.4) is 0 Å². The Hall–Kier alpha value is -1.13. The summed E-state index contributed by atoms with van der Waals surface area (Å²) in [5, 5.41) is 0. The molecule has 27 heavy (non-hydrogen) atoms. The molecular weight excluding hydrogens is 428 g/mol. The Morgan fingerprint density at radius 3 is 2.11 bits per heavy atom. The summed E-state index contributed by atoms with van der Waals surface area (Å²) >= 11 is 6.74.